The van der Waals surface area contributed by atoms with Crippen molar-refractivity contribution in [2.45, 2.75) is 25.9 Å². The Labute approximate surface area is 162 Å². The van der Waals surface area contributed by atoms with Crippen LogP contribution in [0.15, 0.2) is 46.8 Å². The number of thiazole rings is 1. The number of phenols is 1. The summed E-state index contributed by atoms with van der Waals surface area (Å²) in [5, 5.41) is 12.4. The number of nitrogens with zero attached hydrogens (tertiary/aromatic N) is 2. The van der Waals surface area contributed by atoms with E-state index in [-0.39, 0.29) is 11.4 Å². The maximum absolute atomic E-state index is 9.83. The van der Waals surface area contributed by atoms with Crippen LogP contribution in [-0.2, 0) is 6.42 Å². The van der Waals surface area contributed by atoms with Crippen LogP contribution in [0, 0.1) is 0 Å². The molecule has 0 radical (unpaired) electrons. The second kappa shape index (κ2) is 6.70. The first kappa shape index (κ1) is 17.5. The Morgan fingerprint density at radius 2 is 2.11 bits per heavy atom. The smallest absolute Gasteiger partial charge is 0.209 e. The Morgan fingerprint density at radius 1 is 1.30 bits per heavy atom. The van der Waals surface area contributed by atoms with Gasteiger partial charge in [-0.3, -0.25) is 0 Å². The first-order chi connectivity index (χ1) is 12.9. The summed E-state index contributed by atoms with van der Waals surface area (Å²) in [5.74, 6) is 1.74. The van der Waals surface area contributed by atoms with E-state index in [9.17, 15) is 5.11 Å². The van der Waals surface area contributed by atoms with E-state index in [0.29, 0.717) is 10.7 Å². The molecule has 1 aromatic heterocycles. The molecule has 0 spiro atoms. The molecule has 138 valence electrons. The fourth-order valence-corrected chi connectivity index (χ4v) is 3.83. The number of methoxy groups -OCH3 is 1. The van der Waals surface area contributed by atoms with E-state index >= 15 is 0 Å². The maximum atomic E-state index is 9.83. The van der Waals surface area contributed by atoms with Gasteiger partial charge in [0.15, 0.2) is 11.5 Å². The van der Waals surface area contributed by atoms with Gasteiger partial charge in [-0.25, -0.2) is 9.98 Å². The van der Waals surface area contributed by atoms with Crippen LogP contribution in [0.25, 0.3) is 11.3 Å². The Bertz CT molecular complexity index is 1020. The largest absolute Gasteiger partial charge is 0.507 e. The Balaban J connectivity index is 1.64. The zero-order chi connectivity index (χ0) is 19.0. The minimum absolute atomic E-state index is 0.198. The number of ether oxygens (including phenoxy) is 2. The molecule has 0 bridgehead atoms. The predicted molar refractivity (Wildman–Crippen MR) is 108 cm³/mol. The molecule has 3 aromatic rings. The van der Waals surface area contributed by atoms with Crippen molar-refractivity contribution in [1.29, 1.82) is 0 Å². The van der Waals surface area contributed by atoms with Crippen molar-refractivity contribution in [2.24, 2.45) is 4.99 Å². The average molecular weight is 380 g/mol. The normalized spacial score (nSPS) is 14.9. The summed E-state index contributed by atoms with van der Waals surface area (Å²) in [4.78, 5) is 8.99. The van der Waals surface area contributed by atoms with E-state index in [1.54, 1.807) is 31.5 Å². The number of aromatic hydroxyl groups is 1. The van der Waals surface area contributed by atoms with Crippen molar-refractivity contribution in [3.63, 3.8) is 0 Å². The van der Waals surface area contributed by atoms with Crippen molar-refractivity contribution in [1.82, 2.24) is 4.98 Å². The third-order valence-electron chi connectivity index (χ3n) is 4.38. The number of benzene rings is 2. The lowest BCUT2D eigenvalue weighted by molar-refractivity contribution is 0.134. The van der Waals surface area contributed by atoms with Gasteiger partial charge in [-0.15, -0.1) is 11.3 Å². The van der Waals surface area contributed by atoms with Crippen LogP contribution >= 0.6 is 11.3 Å². The third-order valence-corrected chi connectivity index (χ3v) is 5.13. The summed E-state index contributed by atoms with van der Waals surface area (Å²) in [7, 11) is 1.65. The summed E-state index contributed by atoms with van der Waals surface area (Å²) in [6.07, 6.45) is 2.45. The molecule has 0 amide bonds. The van der Waals surface area contributed by atoms with Gasteiger partial charge in [0.05, 0.1) is 12.8 Å². The molecule has 1 N–H and O–H groups in total. The van der Waals surface area contributed by atoms with Crippen LogP contribution in [-0.4, -0.2) is 29.0 Å². The number of phenolic OH excluding ortho intramolecular Hbond substituents is 1. The topological polar surface area (TPSA) is 63.9 Å². The number of aromatic nitrogens is 1. The SMILES string of the molecule is COc1cc(-c2csc(/N=C/c3ccccc3O)n2)cc2c1OC(C)(C)C2. The number of aliphatic imine (C=N–C) groups is 1. The zero-order valence-corrected chi connectivity index (χ0v) is 16.2. The minimum Gasteiger partial charge on any atom is -0.507 e. The summed E-state index contributed by atoms with van der Waals surface area (Å²) in [6, 6.07) is 11.1. The molecule has 0 atom stereocenters. The van der Waals surface area contributed by atoms with Gasteiger partial charge in [0.1, 0.15) is 11.4 Å². The van der Waals surface area contributed by atoms with Crippen molar-refractivity contribution in [3.8, 4) is 28.5 Å². The van der Waals surface area contributed by atoms with Gasteiger partial charge in [0.25, 0.3) is 0 Å². The first-order valence-corrected chi connectivity index (χ1v) is 9.51. The van der Waals surface area contributed by atoms with E-state index in [0.717, 1.165) is 34.7 Å². The Hall–Kier alpha value is -2.86. The molecule has 0 saturated carbocycles. The molecular formula is C21H20N2O3S. The van der Waals surface area contributed by atoms with Crippen molar-refractivity contribution >= 4 is 22.7 Å². The maximum Gasteiger partial charge on any atom is 0.209 e. The van der Waals surface area contributed by atoms with E-state index in [2.05, 4.69) is 29.9 Å². The highest BCUT2D eigenvalue weighted by Crippen LogP contribution is 2.44. The summed E-state index contributed by atoms with van der Waals surface area (Å²) >= 11 is 1.45. The fraction of sp³-hybridized carbons (Fsp3) is 0.238. The highest BCUT2D eigenvalue weighted by molar-refractivity contribution is 7.13. The zero-order valence-electron chi connectivity index (χ0n) is 15.4. The molecule has 4 rings (SSSR count). The number of hydrogen-bond donors (Lipinski definition) is 1. The first-order valence-electron chi connectivity index (χ1n) is 8.63. The van der Waals surface area contributed by atoms with Gasteiger partial charge in [0, 0.05) is 34.7 Å². The summed E-state index contributed by atoms with van der Waals surface area (Å²) in [6.45, 7) is 4.14. The second-order valence-corrected chi connectivity index (χ2v) is 7.87. The molecule has 2 aromatic carbocycles. The molecule has 1 aliphatic rings. The van der Waals surface area contributed by atoms with Gasteiger partial charge in [-0.05, 0) is 38.1 Å². The third kappa shape index (κ3) is 3.53. The highest BCUT2D eigenvalue weighted by Gasteiger charge is 2.33. The lowest BCUT2D eigenvalue weighted by atomic mass is 9.99. The molecule has 2 heterocycles. The monoisotopic (exact) mass is 380 g/mol. The molecule has 0 unspecified atom stereocenters. The van der Waals surface area contributed by atoms with Crippen LogP contribution in [0.1, 0.15) is 25.0 Å². The van der Waals surface area contributed by atoms with E-state index in [1.165, 1.54) is 11.3 Å². The van der Waals surface area contributed by atoms with Crippen LogP contribution < -0.4 is 9.47 Å². The molecule has 1 aliphatic heterocycles. The Kier molecular flexibility index (Phi) is 4.36. The van der Waals surface area contributed by atoms with Gasteiger partial charge < -0.3 is 14.6 Å². The standard InChI is InChI=1S/C21H20N2O3S/c1-21(2)10-15-8-14(9-18(25-3)19(15)26-21)16-12-27-20(23-16)22-11-13-6-4-5-7-17(13)24/h4-9,11-12,24H,10H2,1-3H3/b22-11+. The van der Waals surface area contributed by atoms with E-state index in [1.807, 2.05) is 17.5 Å². The van der Waals surface area contributed by atoms with Crippen molar-refractivity contribution in [3.05, 3.63) is 52.9 Å². The molecule has 0 saturated heterocycles. The quantitative estimate of drug-likeness (QED) is 0.648. The molecule has 6 heteroatoms. The van der Waals surface area contributed by atoms with Crippen LogP contribution in [0.3, 0.4) is 0 Å². The fourth-order valence-electron chi connectivity index (χ4n) is 3.16. The van der Waals surface area contributed by atoms with E-state index < -0.39 is 0 Å². The van der Waals surface area contributed by atoms with Crippen LogP contribution in [0.5, 0.6) is 17.2 Å². The lowest BCUT2D eigenvalue weighted by Crippen LogP contribution is -2.24. The molecule has 5 nitrogen and oxygen atoms in total. The Morgan fingerprint density at radius 3 is 2.89 bits per heavy atom. The van der Waals surface area contributed by atoms with Gasteiger partial charge in [-0.2, -0.15) is 0 Å². The van der Waals surface area contributed by atoms with Crippen molar-refractivity contribution < 1.29 is 14.6 Å². The average Bonchev–Trinajstić information content (AvgIpc) is 3.22. The number of hydrogen-bond acceptors (Lipinski definition) is 6. The van der Waals surface area contributed by atoms with Crippen LogP contribution in [0.2, 0.25) is 0 Å². The molecule has 0 aliphatic carbocycles. The highest BCUT2D eigenvalue weighted by atomic mass is 32.1. The van der Waals surface area contributed by atoms with Gasteiger partial charge in [-0.1, -0.05) is 12.1 Å². The van der Waals surface area contributed by atoms with Crippen LogP contribution in [0.4, 0.5) is 5.13 Å². The number of rotatable bonds is 4. The summed E-state index contributed by atoms with van der Waals surface area (Å²) in [5.41, 5.74) is 3.38. The summed E-state index contributed by atoms with van der Waals surface area (Å²) < 4.78 is 11.6. The molecular weight excluding hydrogens is 360 g/mol. The predicted octanol–water partition coefficient (Wildman–Crippen LogP) is 4.99. The number of para-hydroxylation sites is 1. The number of fused-ring (bicyclic) bond motifs is 1. The molecule has 0 fully saturated rings. The second-order valence-electron chi connectivity index (χ2n) is 7.04. The minimum atomic E-state index is -0.233. The van der Waals surface area contributed by atoms with Crippen molar-refractivity contribution in [2.75, 3.05) is 7.11 Å². The van der Waals surface area contributed by atoms with E-state index in [4.69, 9.17) is 9.47 Å². The van der Waals surface area contributed by atoms with Gasteiger partial charge in [0.2, 0.25) is 5.13 Å². The lowest BCUT2D eigenvalue weighted by Gasteiger charge is -2.17. The molecule has 27 heavy (non-hydrogen) atoms. The van der Waals surface area contributed by atoms with Gasteiger partial charge >= 0.3 is 0 Å².